The zero-order chi connectivity index (χ0) is 19.6. The minimum atomic E-state index is -4.67. The third kappa shape index (κ3) is 10.7. The molecule has 1 atom stereocenters. The lowest BCUT2D eigenvalue weighted by atomic mass is 9.84. The largest absolute Gasteiger partial charge is 0.491 e. The van der Waals surface area contributed by atoms with E-state index in [9.17, 15) is 5.11 Å². The van der Waals surface area contributed by atoms with Crippen LogP contribution in [0.5, 0.6) is 5.75 Å². The van der Waals surface area contributed by atoms with E-state index in [2.05, 4.69) is 31.3 Å². The molecule has 1 aliphatic rings. The average molecular weight is 390 g/mol. The van der Waals surface area contributed by atoms with E-state index in [0.29, 0.717) is 25.1 Å². The van der Waals surface area contributed by atoms with Gasteiger partial charge in [-0.2, -0.15) is 8.42 Å². The van der Waals surface area contributed by atoms with E-state index < -0.39 is 16.5 Å². The van der Waals surface area contributed by atoms with Crippen LogP contribution in [0.15, 0.2) is 24.3 Å². The summed E-state index contributed by atoms with van der Waals surface area (Å²) in [6.45, 7) is 5.07. The van der Waals surface area contributed by atoms with E-state index in [1.165, 1.54) is 37.7 Å². The second-order valence-corrected chi connectivity index (χ2v) is 7.74. The van der Waals surface area contributed by atoms with Gasteiger partial charge in [-0.15, -0.1) is 0 Å². The number of aliphatic hydroxyl groups excluding tert-OH is 1. The first-order chi connectivity index (χ1) is 12.2. The topological polar surface area (TPSA) is 116 Å². The van der Waals surface area contributed by atoms with Gasteiger partial charge in [0.1, 0.15) is 18.5 Å². The normalized spacial score (nSPS) is 16.7. The number of hydrogen-bond donors (Lipinski definition) is 4. The molecule has 4 N–H and O–H groups in total. The summed E-state index contributed by atoms with van der Waals surface area (Å²) >= 11 is 0. The second kappa shape index (κ2) is 11.5. The van der Waals surface area contributed by atoms with Crippen LogP contribution in [0.2, 0.25) is 0 Å². The monoisotopic (exact) mass is 389 g/mol. The number of nitrogens with one attached hydrogen (secondary N) is 1. The molecule has 1 unspecified atom stereocenters. The smallest absolute Gasteiger partial charge is 0.394 e. The number of para-hydroxylation sites is 1. The molecule has 0 spiro atoms. The van der Waals surface area contributed by atoms with Crippen LogP contribution in [-0.2, 0) is 10.4 Å². The van der Waals surface area contributed by atoms with Crippen molar-refractivity contribution >= 4 is 10.4 Å². The Morgan fingerprint density at radius 3 is 2.31 bits per heavy atom. The maximum absolute atomic E-state index is 9.97. The maximum atomic E-state index is 9.97. The van der Waals surface area contributed by atoms with Crippen LogP contribution in [-0.4, -0.2) is 47.9 Å². The van der Waals surface area contributed by atoms with Crippen LogP contribution < -0.4 is 10.1 Å². The quantitative estimate of drug-likeness (QED) is 0.530. The molecular formula is C18H31NO6S. The van der Waals surface area contributed by atoms with Gasteiger partial charge in [0, 0.05) is 12.6 Å². The van der Waals surface area contributed by atoms with Crippen molar-refractivity contribution in [2.75, 3.05) is 13.2 Å². The highest BCUT2D eigenvalue weighted by Crippen LogP contribution is 2.37. The molecule has 7 nitrogen and oxygen atoms in total. The molecule has 1 fully saturated rings. The molecule has 1 saturated carbocycles. The first-order valence-corrected chi connectivity index (χ1v) is 10.4. The summed E-state index contributed by atoms with van der Waals surface area (Å²) in [7, 11) is -4.67. The third-order valence-corrected chi connectivity index (χ3v) is 4.16. The van der Waals surface area contributed by atoms with Crippen LogP contribution in [0.3, 0.4) is 0 Å². The zero-order valence-corrected chi connectivity index (χ0v) is 16.3. The fourth-order valence-electron chi connectivity index (χ4n) is 2.98. The lowest BCUT2D eigenvalue weighted by Gasteiger charge is -2.24. The number of ether oxygens (including phenoxy) is 1. The van der Waals surface area contributed by atoms with Gasteiger partial charge in [0.25, 0.3) is 0 Å². The Hall–Kier alpha value is -1.19. The fraction of sp³-hybridized carbons (Fsp3) is 0.667. The van der Waals surface area contributed by atoms with Gasteiger partial charge in [0.2, 0.25) is 0 Å². The number of hydrogen-bond acceptors (Lipinski definition) is 5. The highest BCUT2D eigenvalue weighted by molar-refractivity contribution is 7.79. The SMILES string of the molecule is CC(C)NCC(O)COc1ccccc1C1CCCCC1.O=S(=O)(O)O. The minimum absolute atomic E-state index is 0.351. The molecule has 0 amide bonds. The Kier molecular flexibility index (Phi) is 10.1. The van der Waals surface area contributed by atoms with Crippen LogP contribution >= 0.6 is 0 Å². The van der Waals surface area contributed by atoms with Crippen LogP contribution in [0.4, 0.5) is 0 Å². The molecule has 2 rings (SSSR count). The summed E-state index contributed by atoms with van der Waals surface area (Å²) in [5, 5.41) is 13.2. The summed E-state index contributed by atoms with van der Waals surface area (Å²) in [6, 6.07) is 8.71. The maximum Gasteiger partial charge on any atom is 0.394 e. The van der Waals surface area contributed by atoms with Crippen LogP contribution in [0, 0.1) is 0 Å². The molecule has 0 bridgehead atoms. The molecule has 150 valence electrons. The molecule has 0 saturated heterocycles. The Morgan fingerprint density at radius 1 is 1.15 bits per heavy atom. The van der Waals surface area contributed by atoms with Gasteiger partial charge in [-0.05, 0) is 30.4 Å². The number of benzene rings is 1. The molecule has 1 aromatic rings. The van der Waals surface area contributed by atoms with Gasteiger partial charge >= 0.3 is 10.4 Å². The second-order valence-electron chi connectivity index (χ2n) is 6.85. The zero-order valence-electron chi connectivity index (χ0n) is 15.5. The molecule has 1 aromatic carbocycles. The van der Waals surface area contributed by atoms with E-state index in [0.717, 1.165) is 5.75 Å². The van der Waals surface area contributed by atoms with E-state index in [1.54, 1.807) is 0 Å². The molecule has 0 aromatic heterocycles. The Bertz CT molecular complexity index is 606. The molecular weight excluding hydrogens is 358 g/mol. The van der Waals surface area contributed by atoms with Crippen LogP contribution in [0.25, 0.3) is 0 Å². The van der Waals surface area contributed by atoms with Crippen molar-refractivity contribution in [2.24, 2.45) is 0 Å². The first kappa shape index (κ1) is 22.9. The molecule has 0 radical (unpaired) electrons. The number of rotatable bonds is 7. The van der Waals surface area contributed by atoms with Gasteiger partial charge in [-0.25, -0.2) is 0 Å². The average Bonchev–Trinajstić information content (AvgIpc) is 2.57. The van der Waals surface area contributed by atoms with Gasteiger partial charge in [-0.1, -0.05) is 51.3 Å². The van der Waals surface area contributed by atoms with Crippen molar-refractivity contribution in [3.8, 4) is 5.75 Å². The first-order valence-electron chi connectivity index (χ1n) is 9.00. The van der Waals surface area contributed by atoms with E-state index in [-0.39, 0.29) is 0 Å². The Labute approximate surface area is 156 Å². The molecule has 0 heterocycles. The van der Waals surface area contributed by atoms with E-state index in [1.807, 2.05) is 12.1 Å². The summed E-state index contributed by atoms with van der Waals surface area (Å²) < 4.78 is 37.5. The predicted octanol–water partition coefficient (Wildman–Crippen LogP) is 2.82. The summed E-state index contributed by atoms with van der Waals surface area (Å²) in [5.74, 6) is 1.58. The lowest BCUT2D eigenvalue weighted by Crippen LogP contribution is -2.35. The lowest BCUT2D eigenvalue weighted by molar-refractivity contribution is 0.104. The van der Waals surface area contributed by atoms with E-state index >= 15 is 0 Å². The Morgan fingerprint density at radius 2 is 1.73 bits per heavy atom. The molecule has 0 aliphatic heterocycles. The predicted molar refractivity (Wildman–Crippen MR) is 101 cm³/mol. The standard InChI is InChI=1S/C18H29NO2.H2O4S/c1-14(2)19-12-16(20)13-21-18-11-7-6-10-17(18)15-8-4-3-5-9-15;1-5(2,3)4/h6-7,10-11,14-16,19-20H,3-5,8-9,12-13H2,1-2H3;(H2,1,2,3,4). The molecule has 8 heteroatoms. The van der Waals surface area contributed by atoms with Gasteiger partial charge < -0.3 is 15.2 Å². The van der Waals surface area contributed by atoms with Crippen molar-refractivity contribution < 1.29 is 27.4 Å². The van der Waals surface area contributed by atoms with Gasteiger partial charge in [0.05, 0.1) is 0 Å². The third-order valence-electron chi connectivity index (χ3n) is 4.16. The summed E-state index contributed by atoms with van der Waals surface area (Å²) in [5.41, 5.74) is 1.32. The highest BCUT2D eigenvalue weighted by Gasteiger charge is 2.19. The van der Waals surface area contributed by atoms with Crippen molar-refractivity contribution in [3.05, 3.63) is 29.8 Å². The number of aliphatic hydroxyl groups is 1. The molecule has 26 heavy (non-hydrogen) atoms. The van der Waals surface area contributed by atoms with Crippen molar-refractivity contribution in [2.45, 2.75) is 64.0 Å². The fourth-order valence-corrected chi connectivity index (χ4v) is 2.98. The molecule has 1 aliphatic carbocycles. The van der Waals surface area contributed by atoms with Gasteiger partial charge in [-0.3, -0.25) is 9.11 Å². The summed E-state index contributed by atoms with van der Waals surface area (Å²) in [4.78, 5) is 0. The van der Waals surface area contributed by atoms with Crippen LogP contribution in [0.1, 0.15) is 57.4 Å². The van der Waals surface area contributed by atoms with Gasteiger partial charge in [0.15, 0.2) is 0 Å². The van der Waals surface area contributed by atoms with E-state index in [4.69, 9.17) is 22.3 Å². The van der Waals surface area contributed by atoms with Crippen molar-refractivity contribution in [1.29, 1.82) is 0 Å². The highest BCUT2D eigenvalue weighted by atomic mass is 32.3. The van der Waals surface area contributed by atoms with Crippen molar-refractivity contribution in [1.82, 2.24) is 5.32 Å². The minimum Gasteiger partial charge on any atom is -0.491 e. The summed E-state index contributed by atoms with van der Waals surface area (Å²) in [6.07, 6.45) is 6.06. The Balaban J connectivity index is 0.000000597. The van der Waals surface area contributed by atoms with Crippen molar-refractivity contribution in [3.63, 3.8) is 0 Å².